The molecule has 1 heterocycles. The van der Waals surface area contributed by atoms with Gasteiger partial charge in [0.2, 0.25) is 0 Å². The third kappa shape index (κ3) is 2.94. The van der Waals surface area contributed by atoms with E-state index in [0.717, 1.165) is 32.5 Å². The quantitative estimate of drug-likeness (QED) is 0.685. The lowest BCUT2D eigenvalue weighted by Gasteiger charge is -2.39. The second-order valence-corrected chi connectivity index (χ2v) is 5.24. The molecule has 1 saturated heterocycles. The monoisotopic (exact) mass is 229 g/mol. The number of ether oxygens (including phenoxy) is 1. The molecular weight excluding hydrogens is 206 g/mol. The summed E-state index contributed by atoms with van der Waals surface area (Å²) in [5, 5.41) is 18.7. The summed E-state index contributed by atoms with van der Waals surface area (Å²) >= 11 is 0. The fourth-order valence-corrected chi connectivity index (χ4v) is 2.60. The van der Waals surface area contributed by atoms with Crippen molar-refractivity contribution in [2.24, 2.45) is 5.41 Å². The minimum atomic E-state index is -0.0873. The molecule has 4 nitrogen and oxygen atoms in total. The second kappa shape index (κ2) is 5.45. The predicted octanol–water partition coefficient (Wildman–Crippen LogP) is 0.232. The highest BCUT2D eigenvalue weighted by atomic mass is 16.5. The van der Waals surface area contributed by atoms with E-state index < -0.39 is 0 Å². The van der Waals surface area contributed by atoms with Crippen molar-refractivity contribution in [3.05, 3.63) is 0 Å². The summed E-state index contributed by atoms with van der Waals surface area (Å²) in [6.45, 7) is 3.49. The zero-order valence-corrected chi connectivity index (χ0v) is 9.90. The number of rotatable bonds is 6. The van der Waals surface area contributed by atoms with Crippen LogP contribution in [0.3, 0.4) is 0 Å². The van der Waals surface area contributed by atoms with Crippen molar-refractivity contribution in [2.45, 2.75) is 31.7 Å². The van der Waals surface area contributed by atoms with Gasteiger partial charge in [-0.05, 0) is 25.7 Å². The van der Waals surface area contributed by atoms with Crippen molar-refractivity contribution in [1.29, 1.82) is 0 Å². The summed E-state index contributed by atoms with van der Waals surface area (Å²) in [4.78, 5) is 2.32. The maximum Gasteiger partial charge on any atom is 0.0558 e. The predicted molar refractivity (Wildman–Crippen MR) is 61.3 cm³/mol. The van der Waals surface area contributed by atoms with Gasteiger partial charge in [0, 0.05) is 31.2 Å². The highest BCUT2D eigenvalue weighted by Gasteiger charge is 2.38. The van der Waals surface area contributed by atoms with Gasteiger partial charge in [0.1, 0.15) is 0 Å². The van der Waals surface area contributed by atoms with Gasteiger partial charge in [-0.2, -0.15) is 0 Å². The largest absolute Gasteiger partial charge is 0.396 e. The molecule has 0 aromatic heterocycles. The topological polar surface area (TPSA) is 52.9 Å². The van der Waals surface area contributed by atoms with Crippen LogP contribution in [0.25, 0.3) is 0 Å². The van der Waals surface area contributed by atoms with Gasteiger partial charge < -0.3 is 14.9 Å². The van der Waals surface area contributed by atoms with Gasteiger partial charge in [-0.3, -0.25) is 4.90 Å². The van der Waals surface area contributed by atoms with Crippen LogP contribution in [-0.2, 0) is 4.74 Å². The van der Waals surface area contributed by atoms with Crippen LogP contribution in [0.5, 0.6) is 0 Å². The third-order valence-corrected chi connectivity index (χ3v) is 3.73. The lowest BCUT2D eigenvalue weighted by molar-refractivity contribution is -0.0579. The van der Waals surface area contributed by atoms with E-state index in [9.17, 15) is 5.11 Å². The molecule has 2 N–H and O–H groups in total. The van der Waals surface area contributed by atoms with E-state index in [0.29, 0.717) is 12.6 Å². The minimum absolute atomic E-state index is 0.0873. The van der Waals surface area contributed by atoms with E-state index in [-0.39, 0.29) is 18.6 Å². The van der Waals surface area contributed by atoms with E-state index in [1.165, 1.54) is 12.8 Å². The molecule has 0 radical (unpaired) electrons. The van der Waals surface area contributed by atoms with Crippen LogP contribution in [-0.4, -0.2) is 60.7 Å². The Hall–Kier alpha value is -0.160. The standard InChI is InChI=1S/C12H23NO3/c14-6-5-13(11-2-3-11)8-12(9-15)4-1-7-16-10-12/h11,14-15H,1-10H2. The average molecular weight is 229 g/mol. The van der Waals surface area contributed by atoms with E-state index in [2.05, 4.69) is 4.90 Å². The molecule has 16 heavy (non-hydrogen) atoms. The second-order valence-electron chi connectivity index (χ2n) is 5.24. The normalized spacial score (nSPS) is 30.9. The SMILES string of the molecule is OCCN(CC1(CO)CCCOC1)C1CC1. The number of hydrogen-bond donors (Lipinski definition) is 2. The van der Waals surface area contributed by atoms with Crippen LogP contribution in [0.4, 0.5) is 0 Å². The first-order valence-electron chi connectivity index (χ1n) is 6.33. The summed E-state index contributed by atoms with van der Waals surface area (Å²) in [5.74, 6) is 0. The van der Waals surface area contributed by atoms with Crippen molar-refractivity contribution in [1.82, 2.24) is 4.90 Å². The maximum atomic E-state index is 9.59. The molecule has 0 spiro atoms. The Kier molecular flexibility index (Phi) is 4.19. The molecule has 0 aromatic carbocycles. The number of nitrogens with zero attached hydrogens (tertiary/aromatic N) is 1. The first-order chi connectivity index (χ1) is 7.79. The molecule has 1 unspecified atom stereocenters. The van der Waals surface area contributed by atoms with Crippen molar-refractivity contribution in [3.8, 4) is 0 Å². The van der Waals surface area contributed by atoms with Crippen molar-refractivity contribution in [2.75, 3.05) is 39.5 Å². The Morgan fingerprint density at radius 3 is 2.62 bits per heavy atom. The van der Waals surface area contributed by atoms with Crippen LogP contribution in [0.1, 0.15) is 25.7 Å². The Balaban J connectivity index is 1.91. The van der Waals surface area contributed by atoms with Gasteiger partial charge in [-0.15, -0.1) is 0 Å². The average Bonchev–Trinajstić information content (AvgIpc) is 3.14. The lowest BCUT2D eigenvalue weighted by atomic mass is 9.82. The Morgan fingerprint density at radius 2 is 2.12 bits per heavy atom. The maximum absolute atomic E-state index is 9.59. The van der Waals surface area contributed by atoms with Gasteiger partial charge in [0.25, 0.3) is 0 Å². The molecule has 1 aliphatic carbocycles. The first-order valence-corrected chi connectivity index (χ1v) is 6.33. The molecule has 1 aliphatic heterocycles. The highest BCUT2D eigenvalue weighted by molar-refractivity contribution is 4.91. The van der Waals surface area contributed by atoms with Gasteiger partial charge >= 0.3 is 0 Å². The number of aliphatic hydroxyl groups is 2. The van der Waals surface area contributed by atoms with Crippen LogP contribution in [0.15, 0.2) is 0 Å². The summed E-state index contributed by atoms with van der Waals surface area (Å²) in [5.41, 5.74) is -0.0873. The molecule has 4 heteroatoms. The van der Waals surface area contributed by atoms with Gasteiger partial charge in [-0.1, -0.05) is 0 Å². The summed E-state index contributed by atoms with van der Waals surface area (Å²) in [6.07, 6.45) is 4.56. The molecular formula is C12H23NO3. The molecule has 2 fully saturated rings. The number of aliphatic hydroxyl groups excluding tert-OH is 2. The third-order valence-electron chi connectivity index (χ3n) is 3.73. The van der Waals surface area contributed by atoms with Crippen molar-refractivity contribution >= 4 is 0 Å². The molecule has 1 saturated carbocycles. The molecule has 2 aliphatic rings. The molecule has 94 valence electrons. The van der Waals surface area contributed by atoms with Crippen LogP contribution >= 0.6 is 0 Å². The fourth-order valence-electron chi connectivity index (χ4n) is 2.60. The number of hydrogen-bond acceptors (Lipinski definition) is 4. The smallest absolute Gasteiger partial charge is 0.0558 e. The Morgan fingerprint density at radius 1 is 1.31 bits per heavy atom. The fraction of sp³-hybridized carbons (Fsp3) is 1.00. The molecule has 0 amide bonds. The summed E-state index contributed by atoms with van der Waals surface area (Å²) < 4.78 is 5.51. The zero-order valence-electron chi connectivity index (χ0n) is 9.90. The lowest BCUT2D eigenvalue weighted by Crippen LogP contribution is -2.47. The van der Waals surface area contributed by atoms with Crippen LogP contribution < -0.4 is 0 Å². The van der Waals surface area contributed by atoms with Crippen molar-refractivity contribution in [3.63, 3.8) is 0 Å². The molecule has 0 bridgehead atoms. The van der Waals surface area contributed by atoms with E-state index in [4.69, 9.17) is 9.84 Å². The van der Waals surface area contributed by atoms with Crippen molar-refractivity contribution < 1.29 is 14.9 Å². The molecule has 2 rings (SSSR count). The van der Waals surface area contributed by atoms with Gasteiger partial charge in [0.15, 0.2) is 0 Å². The first kappa shape index (κ1) is 12.3. The van der Waals surface area contributed by atoms with E-state index in [1.54, 1.807) is 0 Å². The minimum Gasteiger partial charge on any atom is -0.396 e. The zero-order chi connectivity index (χ0) is 11.4. The highest BCUT2D eigenvalue weighted by Crippen LogP contribution is 2.34. The summed E-state index contributed by atoms with van der Waals surface area (Å²) in [7, 11) is 0. The molecule has 1 atom stereocenters. The Labute approximate surface area is 97.2 Å². The van der Waals surface area contributed by atoms with E-state index >= 15 is 0 Å². The van der Waals surface area contributed by atoms with Crippen LogP contribution in [0, 0.1) is 5.41 Å². The van der Waals surface area contributed by atoms with E-state index in [1.807, 2.05) is 0 Å². The van der Waals surface area contributed by atoms with Gasteiger partial charge in [0.05, 0.1) is 19.8 Å². The van der Waals surface area contributed by atoms with Crippen LogP contribution in [0.2, 0.25) is 0 Å². The Bertz CT molecular complexity index is 212. The summed E-state index contributed by atoms with van der Waals surface area (Å²) in [6, 6.07) is 0.637. The molecule has 0 aromatic rings. The van der Waals surface area contributed by atoms with Gasteiger partial charge in [-0.25, -0.2) is 0 Å².